The van der Waals surface area contributed by atoms with Crippen LogP contribution in [0.1, 0.15) is 50.4 Å². The van der Waals surface area contributed by atoms with Crippen LogP contribution in [0.4, 0.5) is 4.39 Å². The van der Waals surface area contributed by atoms with E-state index < -0.39 is 11.7 Å². The molecule has 0 saturated heterocycles. The number of ether oxygens (including phenoxy) is 1. The van der Waals surface area contributed by atoms with Crippen LogP contribution in [-0.4, -0.2) is 18.7 Å². The summed E-state index contributed by atoms with van der Waals surface area (Å²) in [6.07, 6.45) is 3.26. The fourth-order valence-corrected chi connectivity index (χ4v) is 4.09. The molecule has 1 aromatic rings. The number of carbonyl (C=O) groups excluding carboxylic acids is 1. The largest absolute Gasteiger partial charge is 0.494 e. The average molecular weight is 318 g/mol. The van der Waals surface area contributed by atoms with Crippen LogP contribution in [0.3, 0.4) is 0 Å². The van der Waals surface area contributed by atoms with Crippen molar-refractivity contribution in [3.8, 4) is 5.75 Å². The number of nitrogens with zero attached hydrogens (tertiary/aromatic N) is 1. The number of amides is 1. The molecule has 2 atom stereocenters. The lowest BCUT2D eigenvalue weighted by Crippen LogP contribution is -2.34. The molecule has 4 nitrogen and oxygen atoms in total. The molecule has 2 aliphatic rings. The van der Waals surface area contributed by atoms with Crippen molar-refractivity contribution in [2.24, 2.45) is 21.8 Å². The highest BCUT2D eigenvalue weighted by Crippen LogP contribution is 2.63. The first-order valence-corrected chi connectivity index (χ1v) is 8.00. The average Bonchev–Trinajstić information content (AvgIpc) is 2.85. The SMILES string of the molecule is COc1ccc(C(=O)N/N=C2/C[C@H]3CC[C@]2(C)C3(C)C)cc1F. The van der Waals surface area contributed by atoms with Crippen LogP contribution in [0.5, 0.6) is 5.75 Å². The van der Waals surface area contributed by atoms with Gasteiger partial charge in [-0.15, -0.1) is 0 Å². The van der Waals surface area contributed by atoms with E-state index in [1.54, 1.807) is 0 Å². The Bertz CT molecular complexity index is 684. The second kappa shape index (κ2) is 5.32. The van der Waals surface area contributed by atoms with Crippen molar-refractivity contribution >= 4 is 11.6 Å². The summed E-state index contributed by atoms with van der Waals surface area (Å²) in [6, 6.07) is 4.14. The number of methoxy groups -OCH3 is 1. The van der Waals surface area contributed by atoms with Gasteiger partial charge < -0.3 is 4.74 Å². The molecule has 0 radical (unpaired) electrons. The fourth-order valence-electron chi connectivity index (χ4n) is 4.09. The molecule has 1 amide bonds. The minimum atomic E-state index is -0.555. The summed E-state index contributed by atoms with van der Waals surface area (Å²) < 4.78 is 18.6. The second-order valence-corrected chi connectivity index (χ2v) is 7.34. The van der Waals surface area contributed by atoms with Gasteiger partial charge in [0.15, 0.2) is 11.6 Å². The minimum Gasteiger partial charge on any atom is -0.494 e. The standard InChI is InChI=1S/C18H23FN2O2/c1-17(2)12-7-8-18(17,3)15(10-12)20-21-16(22)11-5-6-14(23-4)13(19)9-11/h5-6,9,12H,7-8,10H2,1-4H3,(H,21,22)/b20-15-/t12-,18+/m1/s1. The molecule has 1 aromatic carbocycles. The molecule has 2 saturated carbocycles. The number of halogens is 1. The zero-order chi connectivity index (χ0) is 16.8. The van der Waals surface area contributed by atoms with Crippen molar-refractivity contribution in [2.45, 2.75) is 40.0 Å². The molecule has 124 valence electrons. The van der Waals surface area contributed by atoms with E-state index in [-0.39, 0.29) is 22.1 Å². The molecule has 0 heterocycles. The summed E-state index contributed by atoms with van der Waals surface area (Å²) in [6.45, 7) is 6.81. The van der Waals surface area contributed by atoms with E-state index in [1.165, 1.54) is 31.7 Å². The third kappa shape index (κ3) is 2.33. The van der Waals surface area contributed by atoms with Gasteiger partial charge in [0.1, 0.15) is 0 Å². The smallest absolute Gasteiger partial charge is 0.271 e. The Kier molecular flexibility index (Phi) is 3.69. The van der Waals surface area contributed by atoms with Gasteiger partial charge in [0.05, 0.1) is 7.11 Å². The fraction of sp³-hybridized carbons (Fsp3) is 0.556. The molecule has 2 bridgehead atoms. The van der Waals surface area contributed by atoms with Crippen molar-refractivity contribution in [3.63, 3.8) is 0 Å². The van der Waals surface area contributed by atoms with Crippen molar-refractivity contribution in [1.29, 1.82) is 0 Å². The van der Waals surface area contributed by atoms with Gasteiger partial charge >= 0.3 is 0 Å². The van der Waals surface area contributed by atoms with Crippen molar-refractivity contribution in [2.75, 3.05) is 7.11 Å². The first-order valence-electron chi connectivity index (χ1n) is 8.00. The van der Waals surface area contributed by atoms with Gasteiger partial charge in [0.25, 0.3) is 5.91 Å². The summed E-state index contributed by atoms with van der Waals surface area (Å²) in [5.74, 6) is -0.208. The van der Waals surface area contributed by atoms with Gasteiger partial charge in [-0.1, -0.05) is 20.8 Å². The van der Waals surface area contributed by atoms with Gasteiger partial charge in [-0.05, 0) is 48.8 Å². The Hall–Kier alpha value is -1.91. The van der Waals surface area contributed by atoms with E-state index >= 15 is 0 Å². The van der Waals surface area contributed by atoms with Crippen LogP contribution < -0.4 is 10.2 Å². The van der Waals surface area contributed by atoms with Gasteiger partial charge in [-0.2, -0.15) is 5.10 Å². The zero-order valence-electron chi connectivity index (χ0n) is 14.1. The Morgan fingerprint density at radius 3 is 2.65 bits per heavy atom. The van der Waals surface area contributed by atoms with E-state index in [0.29, 0.717) is 5.92 Å². The van der Waals surface area contributed by atoms with Crippen LogP contribution in [0.15, 0.2) is 23.3 Å². The molecule has 0 aliphatic heterocycles. The van der Waals surface area contributed by atoms with Gasteiger partial charge in [-0.3, -0.25) is 4.79 Å². The molecule has 23 heavy (non-hydrogen) atoms. The van der Waals surface area contributed by atoms with E-state index in [4.69, 9.17) is 4.74 Å². The van der Waals surface area contributed by atoms with Crippen molar-refractivity contribution in [1.82, 2.24) is 5.43 Å². The summed E-state index contributed by atoms with van der Waals surface area (Å²) in [4.78, 5) is 12.2. The molecule has 2 aliphatic carbocycles. The lowest BCUT2D eigenvalue weighted by atomic mass is 9.70. The van der Waals surface area contributed by atoms with Gasteiger partial charge in [0.2, 0.25) is 0 Å². The van der Waals surface area contributed by atoms with Crippen LogP contribution in [0.25, 0.3) is 0 Å². The molecule has 5 heteroatoms. The molecule has 2 fully saturated rings. The quantitative estimate of drug-likeness (QED) is 0.863. The number of hydrogen-bond acceptors (Lipinski definition) is 3. The van der Waals surface area contributed by atoms with Crippen LogP contribution in [0, 0.1) is 22.6 Å². The first kappa shape index (κ1) is 16.0. The molecular weight excluding hydrogens is 295 g/mol. The molecule has 0 aromatic heterocycles. The number of hydrazone groups is 1. The summed E-state index contributed by atoms with van der Waals surface area (Å²) in [7, 11) is 1.39. The number of nitrogens with one attached hydrogen (secondary N) is 1. The maximum atomic E-state index is 13.7. The molecule has 1 N–H and O–H groups in total. The van der Waals surface area contributed by atoms with E-state index in [2.05, 4.69) is 31.3 Å². The Morgan fingerprint density at radius 1 is 1.39 bits per heavy atom. The summed E-state index contributed by atoms with van der Waals surface area (Å²) >= 11 is 0. The predicted octanol–water partition coefficient (Wildman–Crippen LogP) is 3.77. The topological polar surface area (TPSA) is 50.7 Å². The highest BCUT2D eigenvalue weighted by Gasteiger charge is 2.60. The number of fused-ring (bicyclic) bond motifs is 2. The van der Waals surface area contributed by atoms with E-state index in [9.17, 15) is 9.18 Å². The molecule has 0 spiro atoms. The highest BCUT2D eigenvalue weighted by atomic mass is 19.1. The second-order valence-electron chi connectivity index (χ2n) is 7.34. The monoisotopic (exact) mass is 318 g/mol. The number of carbonyl (C=O) groups is 1. The lowest BCUT2D eigenvalue weighted by Gasteiger charge is -2.34. The summed E-state index contributed by atoms with van der Waals surface area (Å²) in [5.41, 5.74) is 4.14. The van der Waals surface area contributed by atoms with Crippen molar-refractivity contribution < 1.29 is 13.9 Å². The zero-order valence-corrected chi connectivity index (χ0v) is 14.1. The molecule has 3 rings (SSSR count). The summed E-state index contributed by atoms with van der Waals surface area (Å²) in [5, 5.41) is 4.39. The van der Waals surface area contributed by atoms with E-state index in [1.807, 2.05) is 0 Å². The Morgan fingerprint density at radius 2 is 2.13 bits per heavy atom. The normalized spacial score (nSPS) is 29.8. The highest BCUT2D eigenvalue weighted by molar-refractivity contribution is 5.98. The number of rotatable bonds is 3. The molecule has 0 unspecified atom stereocenters. The van der Waals surface area contributed by atoms with Crippen molar-refractivity contribution in [3.05, 3.63) is 29.6 Å². The third-order valence-electron chi connectivity index (χ3n) is 6.22. The minimum absolute atomic E-state index is 0.0378. The first-order chi connectivity index (χ1) is 10.8. The van der Waals surface area contributed by atoms with E-state index in [0.717, 1.165) is 18.6 Å². The number of hydrogen-bond donors (Lipinski definition) is 1. The van der Waals surface area contributed by atoms with Crippen LogP contribution in [0.2, 0.25) is 0 Å². The Labute approximate surface area is 136 Å². The Balaban J connectivity index is 1.76. The maximum Gasteiger partial charge on any atom is 0.271 e. The third-order valence-corrected chi connectivity index (χ3v) is 6.22. The van der Waals surface area contributed by atoms with Gasteiger partial charge in [0, 0.05) is 16.7 Å². The van der Waals surface area contributed by atoms with Gasteiger partial charge in [-0.25, -0.2) is 9.82 Å². The molecular formula is C18H23FN2O2. The predicted molar refractivity (Wildman–Crippen MR) is 87.1 cm³/mol. The number of benzene rings is 1. The van der Waals surface area contributed by atoms with Crippen LogP contribution in [-0.2, 0) is 0 Å². The van der Waals surface area contributed by atoms with Crippen LogP contribution >= 0.6 is 0 Å². The maximum absolute atomic E-state index is 13.7. The lowest BCUT2D eigenvalue weighted by molar-refractivity contribution is 0.0953.